The van der Waals surface area contributed by atoms with Crippen molar-refractivity contribution in [2.24, 2.45) is 0 Å². The monoisotopic (exact) mass is 278 g/mol. The largest absolute Gasteiger partial charge is 0.375 e. The summed E-state index contributed by atoms with van der Waals surface area (Å²) in [4.78, 5) is 17.1. The lowest BCUT2D eigenvalue weighted by atomic mass is 10.0. The first-order valence-corrected chi connectivity index (χ1v) is 6.63. The van der Waals surface area contributed by atoms with Crippen LogP contribution in [0.15, 0.2) is 18.2 Å². The number of carbonyl (C=O) groups is 1. The molecule has 1 aromatic carbocycles. The zero-order valence-electron chi connectivity index (χ0n) is 10.7. The van der Waals surface area contributed by atoms with E-state index in [0.29, 0.717) is 6.54 Å². The predicted octanol–water partition coefficient (Wildman–Crippen LogP) is 2.35. The van der Waals surface area contributed by atoms with Gasteiger partial charge in [-0.15, -0.1) is 0 Å². The van der Waals surface area contributed by atoms with Gasteiger partial charge in [-0.25, -0.2) is 0 Å². The number of aromatic amines is 1. The van der Waals surface area contributed by atoms with E-state index in [4.69, 9.17) is 16.3 Å². The highest BCUT2D eigenvalue weighted by molar-refractivity contribution is 6.35. The van der Waals surface area contributed by atoms with Crippen LogP contribution in [0.3, 0.4) is 0 Å². The molecule has 2 aromatic rings. The van der Waals surface area contributed by atoms with E-state index >= 15 is 0 Å². The number of para-hydroxylation sites is 1. The highest BCUT2D eigenvalue weighted by Crippen LogP contribution is 2.31. The molecule has 0 spiro atoms. The summed E-state index contributed by atoms with van der Waals surface area (Å²) in [5, 5.41) is 1.83. The highest BCUT2D eigenvalue weighted by Gasteiger charge is 2.24. The molecule has 1 amide bonds. The minimum atomic E-state index is 0.0320. The lowest BCUT2D eigenvalue weighted by molar-refractivity contribution is -0.136. The molecular formula is C14H15ClN2O2. The van der Waals surface area contributed by atoms with Gasteiger partial charge in [-0.3, -0.25) is 4.79 Å². The average Bonchev–Trinajstić information content (AvgIpc) is 2.78. The molecule has 1 aliphatic rings. The summed E-state index contributed by atoms with van der Waals surface area (Å²) < 4.78 is 4.91. The Morgan fingerprint density at radius 3 is 3.16 bits per heavy atom. The third kappa shape index (κ3) is 2.11. The average molecular weight is 279 g/mol. The van der Waals surface area contributed by atoms with Gasteiger partial charge in [-0.1, -0.05) is 23.7 Å². The Labute approximate surface area is 116 Å². The van der Waals surface area contributed by atoms with Crippen LogP contribution < -0.4 is 0 Å². The van der Waals surface area contributed by atoms with E-state index in [-0.39, 0.29) is 12.5 Å². The molecule has 3 rings (SSSR count). The zero-order valence-corrected chi connectivity index (χ0v) is 11.5. The van der Waals surface area contributed by atoms with Crippen molar-refractivity contribution in [3.63, 3.8) is 0 Å². The van der Waals surface area contributed by atoms with E-state index in [0.717, 1.165) is 28.9 Å². The van der Waals surface area contributed by atoms with Crippen LogP contribution in [0.2, 0.25) is 5.02 Å². The van der Waals surface area contributed by atoms with Gasteiger partial charge in [0.2, 0.25) is 5.91 Å². The number of aromatic nitrogens is 1. The number of methoxy groups -OCH3 is 1. The van der Waals surface area contributed by atoms with Crippen molar-refractivity contribution in [2.45, 2.75) is 13.0 Å². The van der Waals surface area contributed by atoms with Crippen molar-refractivity contribution in [3.8, 4) is 0 Å². The first-order chi connectivity index (χ1) is 9.20. The van der Waals surface area contributed by atoms with Gasteiger partial charge < -0.3 is 14.6 Å². The fourth-order valence-electron chi connectivity index (χ4n) is 2.63. The van der Waals surface area contributed by atoms with Crippen molar-refractivity contribution in [1.29, 1.82) is 0 Å². The van der Waals surface area contributed by atoms with Gasteiger partial charge in [-0.2, -0.15) is 0 Å². The standard InChI is InChI=1S/C14H15ClN2O2/c1-19-8-13(18)17-6-5-12-10(7-17)9-3-2-4-11(15)14(9)16-12/h2-4,16H,5-8H2,1H3. The van der Waals surface area contributed by atoms with Crippen LogP contribution in [0.4, 0.5) is 0 Å². The summed E-state index contributed by atoms with van der Waals surface area (Å²) in [6, 6.07) is 5.86. The Balaban J connectivity index is 1.98. The van der Waals surface area contributed by atoms with Crippen LogP contribution in [0.5, 0.6) is 0 Å². The molecule has 0 radical (unpaired) electrons. The van der Waals surface area contributed by atoms with Crippen molar-refractivity contribution in [1.82, 2.24) is 9.88 Å². The van der Waals surface area contributed by atoms with Crippen molar-refractivity contribution in [3.05, 3.63) is 34.5 Å². The number of ether oxygens (including phenoxy) is 1. The van der Waals surface area contributed by atoms with Gasteiger partial charge in [0.15, 0.2) is 0 Å². The second-order valence-electron chi connectivity index (χ2n) is 4.74. The van der Waals surface area contributed by atoms with Crippen LogP contribution in [0, 0.1) is 0 Å². The number of benzene rings is 1. The molecule has 0 bridgehead atoms. The highest BCUT2D eigenvalue weighted by atomic mass is 35.5. The minimum Gasteiger partial charge on any atom is -0.375 e. The molecule has 19 heavy (non-hydrogen) atoms. The van der Waals surface area contributed by atoms with Gasteiger partial charge in [0, 0.05) is 43.3 Å². The summed E-state index contributed by atoms with van der Waals surface area (Å²) >= 11 is 6.19. The van der Waals surface area contributed by atoms with E-state index in [1.165, 1.54) is 11.3 Å². The Hall–Kier alpha value is -1.52. The number of H-pyrrole nitrogens is 1. The number of halogens is 1. The normalized spacial score (nSPS) is 14.7. The zero-order chi connectivity index (χ0) is 13.4. The van der Waals surface area contributed by atoms with Crippen molar-refractivity contribution in [2.75, 3.05) is 20.3 Å². The van der Waals surface area contributed by atoms with Crippen LogP contribution in [0.25, 0.3) is 10.9 Å². The maximum Gasteiger partial charge on any atom is 0.248 e. The fourth-order valence-corrected chi connectivity index (χ4v) is 2.85. The fraction of sp³-hybridized carbons (Fsp3) is 0.357. The number of rotatable bonds is 2. The smallest absolute Gasteiger partial charge is 0.248 e. The van der Waals surface area contributed by atoms with Crippen molar-refractivity contribution >= 4 is 28.4 Å². The number of fused-ring (bicyclic) bond motifs is 3. The van der Waals surface area contributed by atoms with Crippen LogP contribution >= 0.6 is 11.6 Å². The second-order valence-corrected chi connectivity index (χ2v) is 5.15. The van der Waals surface area contributed by atoms with E-state index in [1.807, 2.05) is 23.1 Å². The first kappa shape index (κ1) is 12.5. The number of hydrogen-bond donors (Lipinski definition) is 1. The SMILES string of the molecule is COCC(=O)N1CCc2[nH]c3c(Cl)cccc3c2C1. The molecule has 1 N–H and O–H groups in total. The summed E-state index contributed by atoms with van der Waals surface area (Å²) in [7, 11) is 1.54. The maximum absolute atomic E-state index is 11.9. The van der Waals surface area contributed by atoms with Crippen LogP contribution in [-0.2, 0) is 22.5 Å². The van der Waals surface area contributed by atoms with Gasteiger partial charge in [0.05, 0.1) is 10.5 Å². The summed E-state index contributed by atoms with van der Waals surface area (Å²) in [5.74, 6) is 0.0320. The number of amides is 1. The maximum atomic E-state index is 11.9. The van der Waals surface area contributed by atoms with Crippen LogP contribution in [-0.4, -0.2) is 36.1 Å². The molecule has 5 heteroatoms. The molecule has 0 unspecified atom stereocenters. The lowest BCUT2D eigenvalue weighted by Crippen LogP contribution is -2.37. The molecular weight excluding hydrogens is 264 g/mol. The topological polar surface area (TPSA) is 45.3 Å². The molecule has 1 aromatic heterocycles. The Kier molecular flexibility index (Phi) is 3.21. The van der Waals surface area contributed by atoms with E-state index in [9.17, 15) is 4.79 Å². The number of carbonyl (C=O) groups excluding carboxylic acids is 1. The van der Waals surface area contributed by atoms with Gasteiger partial charge in [0.25, 0.3) is 0 Å². The van der Waals surface area contributed by atoms with E-state index in [1.54, 1.807) is 7.11 Å². The Bertz CT molecular complexity index is 636. The lowest BCUT2D eigenvalue weighted by Gasteiger charge is -2.27. The third-order valence-corrected chi connectivity index (χ3v) is 3.90. The Morgan fingerprint density at radius 1 is 1.53 bits per heavy atom. The molecule has 0 fully saturated rings. The van der Waals surface area contributed by atoms with Gasteiger partial charge >= 0.3 is 0 Å². The second kappa shape index (κ2) is 4.87. The minimum absolute atomic E-state index is 0.0320. The van der Waals surface area contributed by atoms with Gasteiger partial charge in [-0.05, 0) is 6.07 Å². The predicted molar refractivity (Wildman–Crippen MR) is 74.3 cm³/mol. The molecule has 0 saturated heterocycles. The van der Waals surface area contributed by atoms with Gasteiger partial charge in [0.1, 0.15) is 6.61 Å². The summed E-state index contributed by atoms with van der Waals surface area (Å²) in [6.45, 7) is 1.48. The first-order valence-electron chi connectivity index (χ1n) is 6.25. The number of nitrogens with zero attached hydrogens (tertiary/aromatic N) is 1. The molecule has 0 saturated carbocycles. The molecule has 2 heterocycles. The third-order valence-electron chi connectivity index (χ3n) is 3.58. The molecule has 4 nitrogen and oxygen atoms in total. The Morgan fingerprint density at radius 2 is 2.37 bits per heavy atom. The quantitative estimate of drug-likeness (QED) is 0.916. The number of hydrogen-bond acceptors (Lipinski definition) is 2. The number of nitrogens with one attached hydrogen (secondary N) is 1. The summed E-state index contributed by atoms with van der Waals surface area (Å²) in [6.07, 6.45) is 0.829. The molecule has 1 aliphatic heterocycles. The summed E-state index contributed by atoms with van der Waals surface area (Å²) in [5.41, 5.74) is 3.33. The van der Waals surface area contributed by atoms with Crippen LogP contribution in [0.1, 0.15) is 11.3 Å². The van der Waals surface area contributed by atoms with E-state index < -0.39 is 0 Å². The van der Waals surface area contributed by atoms with E-state index in [2.05, 4.69) is 4.98 Å². The molecule has 0 aliphatic carbocycles. The molecule has 100 valence electrons. The van der Waals surface area contributed by atoms with Crippen molar-refractivity contribution < 1.29 is 9.53 Å². The molecule has 0 atom stereocenters.